The predicted octanol–water partition coefficient (Wildman–Crippen LogP) is -2.19. The zero-order chi connectivity index (χ0) is 23.8. The van der Waals surface area contributed by atoms with Crippen molar-refractivity contribution in [3.8, 4) is 5.75 Å². The third kappa shape index (κ3) is 6.94. The van der Waals surface area contributed by atoms with E-state index >= 15 is 0 Å². The van der Waals surface area contributed by atoms with Crippen molar-refractivity contribution in [2.75, 3.05) is 13.1 Å². The molecule has 0 radical (unpaired) electrons. The van der Waals surface area contributed by atoms with Gasteiger partial charge in [-0.05, 0) is 37.0 Å². The molecule has 1 aliphatic heterocycles. The molecule has 0 saturated carbocycles. The van der Waals surface area contributed by atoms with Gasteiger partial charge in [-0.3, -0.25) is 19.2 Å². The van der Waals surface area contributed by atoms with Crippen LogP contribution in [0.15, 0.2) is 24.3 Å². The van der Waals surface area contributed by atoms with Crippen LogP contribution < -0.4 is 22.1 Å². The minimum Gasteiger partial charge on any atom is -0.508 e. The van der Waals surface area contributed by atoms with Crippen LogP contribution in [0, 0.1) is 0 Å². The first-order valence-electron chi connectivity index (χ1n) is 10.0. The number of likely N-dealkylation sites (tertiary alicyclic amines) is 1. The number of phenols is 1. The van der Waals surface area contributed by atoms with Gasteiger partial charge in [0, 0.05) is 6.54 Å². The van der Waals surface area contributed by atoms with Crippen molar-refractivity contribution in [2.24, 2.45) is 11.5 Å². The van der Waals surface area contributed by atoms with Crippen LogP contribution in [0.3, 0.4) is 0 Å². The van der Waals surface area contributed by atoms with Crippen LogP contribution >= 0.6 is 0 Å². The molecule has 4 amide bonds. The summed E-state index contributed by atoms with van der Waals surface area (Å²) in [4.78, 5) is 60.7. The average Bonchev–Trinajstić information content (AvgIpc) is 3.22. The number of primary amides is 1. The highest BCUT2D eigenvalue weighted by atomic mass is 16.4. The highest BCUT2D eigenvalue weighted by Crippen LogP contribution is 2.18. The Bertz CT molecular complexity index is 874. The maximum Gasteiger partial charge on any atom is 0.326 e. The molecule has 1 aromatic rings. The largest absolute Gasteiger partial charge is 0.508 e. The maximum absolute atomic E-state index is 12.6. The molecule has 0 aliphatic carbocycles. The van der Waals surface area contributed by atoms with Crippen molar-refractivity contribution >= 4 is 29.6 Å². The minimum atomic E-state index is -1.49. The van der Waals surface area contributed by atoms with Crippen LogP contribution in [0.1, 0.15) is 24.8 Å². The Morgan fingerprint density at radius 2 is 1.81 bits per heavy atom. The lowest BCUT2D eigenvalue weighted by atomic mass is 10.1. The Kier molecular flexibility index (Phi) is 8.53. The van der Waals surface area contributed by atoms with Crippen LogP contribution in [-0.2, 0) is 30.4 Å². The summed E-state index contributed by atoms with van der Waals surface area (Å²) >= 11 is 0. The Labute approximate surface area is 183 Å². The summed E-state index contributed by atoms with van der Waals surface area (Å²) in [6.07, 6.45) is 0.461. The molecule has 0 spiro atoms. The fraction of sp³-hybridized carbons (Fsp3) is 0.450. The topological polar surface area (TPSA) is 205 Å². The van der Waals surface area contributed by atoms with Gasteiger partial charge in [0.05, 0.1) is 19.0 Å². The van der Waals surface area contributed by atoms with Crippen molar-refractivity contribution in [2.45, 2.75) is 43.8 Å². The molecular weight excluding hydrogens is 422 g/mol. The van der Waals surface area contributed by atoms with E-state index in [1.54, 1.807) is 12.1 Å². The zero-order valence-corrected chi connectivity index (χ0v) is 17.3. The minimum absolute atomic E-state index is 0.0888. The first-order valence-corrected chi connectivity index (χ1v) is 10.0. The van der Waals surface area contributed by atoms with Crippen molar-refractivity contribution in [1.82, 2.24) is 15.5 Å². The van der Waals surface area contributed by atoms with Crippen LogP contribution in [0.4, 0.5) is 0 Å². The van der Waals surface area contributed by atoms with Crippen molar-refractivity contribution < 1.29 is 34.2 Å². The normalized spacial score (nSPS) is 17.3. The van der Waals surface area contributed by atoms with Gasteiger partial charge in [0.15, 0.2) is 0 Å². The lowest BCUT2D eigenvalue weighted by molar-refractivity contribution is -0.145. The van der Waals surface area contributed by atoms with E-state index in [0.29, 0.717) is 12.8 Å². The molecule has 0 aromatic heterocycles. The highest BCUT2D eigenvalue weighted by Gasteiger charge is 2.36. The number of carboxylic acids is 1. The van der Waals surface area contributed by atoms with E-state index in [1.165, 1.54) is 17.0 Å². The monoisotopic (exact) mass is 449 g/mol. The molecule has 12 heteroatoms. The van der Waals surface area contributed by atoms with Crippen molar-refractivity contribution in [1.29, 1.82) is 0 Å². The lowest BCUT2D eigenvalue weighted by Crippen LogP contribution is -2.53. The second-order valence-corrected chi connectivity index (χ2v) is 7.51. The number of aliphatic carboxylic acids is 1. The lowest BCUT2D eigenvalue weighted by Gasteiger charge is -2.25. The number of amides is 4. The Morgan fingerprint density at radius 3 is 2.41 bits per heavy atom. The van der Waals surface area contributed by atoms with Gasteiger partial charge in [0.25, 0.3) is 0 Å². The fourth-order valence-electron chi connectivity index (χ4n) is 3.38. The van der Waals surface area contributed by atoms with E-state index in [2.05, 4.69) is 10.6 Å². The summed E-state index contributed by atoms with van der Waals surface area (Å²) < 4.78 is 0. The molecule has 1 heterocycles. The summed E-state index contributed by atoms with van der Waals surface area (Å²) in [5, 5.41) is 23.1. The zero-order valence-electron chi connectivity index (χ0n) is 17.3. The second-order valence-electron chi connectivity index (χ2n) is 7.51. The molecule has 1 fully saturated rings. The van der Waals surface area contributed by atoms with E-state index in [0.717, 1.165) is 5.56 Å². The fourth-order valence-corrected chi connectivity index (χ4v) is 3.38. The second kappa shape index (κ2) is 11.1. The number of carboxylic acid groups (broad SMARTS) is 1. The molecule has 0 bridgehead atoms. The van der Waals surface area contributed by atoms with E-state index in [-0.39, 0.29) is 25.3 Å². The number of nitrogens with two attached hydrogens (primary N) is 2. The number of nitrogens with zero attached hydrogens (tertiary/aromatic N) is 1. The molecule has 3 atom stereocenters. The summed E-state index contributed by atoms with van der Waals surface area (Å²) in [7, 11) is 0. The van der Waals surface area contributed by atoms with Crippen LogP contribution in [-0.4, -0.2) is 75.9 Å². The molecule has 1 aliphatic rings. The smallest absolute Gasteiger partial charge is 0.326 e. The molecular formula is C20H27N5O7. The standard InChI is InChI=1S/C20H27N5O7/c21-13(8-11-3-5-12(26)6-4-11)18(29)23-10-17(28)25-7-1-2-15(25)19(30)24-14(20(31)32)9-16(22)27/h3-6,13-15,26H,1-2,7-10,21H2,(H2,22,27)(H,23,29)(H,24,30)(H,31,32). The molecule has 12 nitrogen and oxygen atoms in total. The first kappa shape index (κ1) is 24.6. The summed E-state index contributed by atoms with van der Waals surface area (Å²) in [5.74, 6) is -3.99. The average molecular weight is 449 g/mol. The van der Waals surface area contributed by atoms with Crippen molar-refractivity contribution in [3.05, 3.63) is 29.8 Å². The predicted molar refractivity (Wildman–Crippen MR) is 111 cm³/mol. The van der Waals surface area contributed by atoms with Gasteiger partial charge >= 0.3 is 5.97 Å². The molecule has 32 heavy (non-hydrogen) atoms. The Balaban J connectivity index is 1.88. The number of carbonyl (C=O) groups excluding carboxylic acids is 4. The number of benzene rings is 1. The van der Waals surface area contributed by atoms with E-state index < -0.39 is 54.1 Å². The molecule has 174 valence electrons. The van der Waals surface area contributed by atoms with Crippen molar-refractivity contribution in [3.63, 3.8) is 0 Å². The van der Waals surface area contributed by atoms with Crippen LogP contribution in [0.5, 0.6) is 5.75 Å². The van der Waals surface area contributed by atoms with Crippen LogP contribution in [0.2, 0.25) is 0 Å². The quantitative estimate of drug-likeness (QED) is 0.231. The number of hydrogen-bond donors (Lipinski definition) is 6. The SMILES string of the molecule is NC(=O)CC(NC(=O)C1CCCN1C(=O)CNC(=O)C(N)Cc1ccc(O)cc1)C(=O)O. The maximum atomic E-state index is 12.6. The molecule has 3 unspecified atom stereocenters. The molecule has 2 rings (SSSR count). The summed E-state index contributed by atoms with van der Waals surface area (Å²) in [6, 6.07) is 2.87. The van der Waals surface area contributed by atoms with E-state index in [9.17, 15) is 29.1 Å². The van der Waals surface area contributed by atoms with Gasteiger partial charge < -0.3 is 37.2 Å². The number of rotatable bonds is 10. The number of nitrogens with one attached hydrogen (secondary N) is 2. The van der Waals surface area contributed by atoms with E-state index in [4.69, 9.17) is 16.6 Å². The summed E-state index contributed by atoms with van der Waals surface area (Å²) in [5.41, 5.74) is 11.6. The number of hydrogen-bond acceptors (Lipinski definition) is 7. The van der Waals surface area contributed by atoms with Gasteiger partial charge in [0.1, 0.15) is 17.8 Å². The van der Waals surface area contributed by atoms with Gasteiger partial charge in [-0.1, -0.05) is 12.1 Å². The number of phenolic OH excluding ortho intramolecular Hbond substituents is 1. The molecule has 1 aromatic carbocycles. The molecule has 1 saturated heterocycles. The Hall–Kier alpha value is -3.67. The summed E-state index contributed by atoms with van der Waals surface area (Å²) in [6.45, 7) is -0.116. The number of aromatic hydroxyl groups is 1. The van der Waals surface area contributed by atoms with Crippen LogP contribution in [0.25, 0.3) is 0 Å². The molecule has 8 N–H and O–H groups in total. The van der Waals surface area contributed by atoms with Gasteiger partial charge in [-0.25, -0.2) is 4.79 Å². The Morgan fingerprint density at radius 1 is 1.16 bits per heavy atom. The third-order valence-electron chi connectivity index (χ3n) is 5.04. The van der Waals surface area contributed by atoms with Gasteiger partial charge in [0.2, 0.25) is 23.6 Å². The third-order valence-corrected chi connectivity index (χ3v) is 5.04. The van der Waals surface area contributed by atoms with E-state index in [1.807, 2.05) is 0 Å². The van der Waals surface area contributed by atoms with Gasteiger partial charge in [-0.15, -0.1) is 0 Å². The van der Waals surface area contributed by atoms with Gasteiger partial charge in [-0.2, -0.15) is 0 Å². The highest BCUT2D eigenvalue weighted by molar-refractivity contribution is 5.94. The number of carbonyl (C=O) groups is 5. The first-order chi connectivity index (χ1) is 15.1.